The quantitative estimate of drug-likeness (QED) is 0.766. The third-order valence-electron chi connectivity index (χ3n) is 2.66. The fourth-order valence-corrected chi connectivity index (χ4v) is 3.25. The fraction of sp³-hybridized carbons (Fsp3) is 0.500. The number of hydrogen-bond donors (Lipinski definition) is 0. The molecule has 1 unspecified atom stereocenters. The average Bonchev–Trinajstić information content (AvgIpc) is 2.56. The van der Waals surface area contributed by atoms with Gasteiger partial charge in [-0.05, 0) is 13.0 Å². The zero-order valence-electron chi connectivity index (χ0n) is 9.71. The third kappa shape index (κ3) is 3.17. The molecule has 18 heavy (non-hydrogen) atoms. The minimum atomic E-state index is -3.59. The van der Waals surface area contributed by atoms with Crippen molar-refractivity contribution in [3.8, 4) is 0 Å². The molecule has 0 spiro atoms. The van der Waals surface area contributed by atoms with Crippen LogP contribution < -0.4 is 4.90 Å². The number of anilines is 1. The van der Waals surface area contributed by atoms with Crippen LogP contribution in [-0.2, 0) is 13.8 Å². The molecule has 0 radical (unpaired) electrons. The summed E-state index contributed by atoms with van der Waals surface area (Å²) in [6, 6.07) is 1.73. The first-order valence-corrected chi connectivity index (χ1v) is 7.85. The Morgan fingerprint density at radius 3 is 2.89 bits per heavy atom. The number of aryl methyl sites for hydroxylation is 1. The zero-order chi connectivity index (χ0) is 13.3. The second-order valence-electron chi connectivity index (χ2n) is 4.28. The molecule has 1 atom stereocenters. The Kier molecular flexibility index (Phi) is 3.54. The minimum Gasteiger partial charge on any atom is -0.280 e. The average molecular weight is 290 g/mol. The van der Waals surface area contributed by atoms with Gasteiger partial charge >= 0.3 is 0 Å². The maximum absolute atomic E-state index is 11.8. The third-order valence-corrected chi connectivity index (χ3v) is 3.91. The molecule has 2 heterocycles. The van der Waals surface area contributed by atoms with Crippen molar-refractivity contribution in [2.24, 2.45) is 5.92 Å². The normalized spacial score (nSPS) is 20.4. The van der Waals surface area contributed by atoms with Gasteiger partial charge in [0.25, 0.3) is 0 Å². The van der Waals surface area contributed by atoms with Crippen LogP contribution in [0.15, 0.2) is 12.3 Å². The summed E-state index contributed by atoms with van der Waals surface area (Å²) in [5.74, 6) is -0.368. The van der Waals surface area contributed by atoms with Gasteiger partial charge in [-0.25, -0.2) is 18.4 Å². The first-order valence-electron chi connectivity index (χ1n) is 5.37. The van der Waals surface area contributed by atoms with Crippen molar-refractivity contribution in [2.75, 3.05) is 17.2 Å². The predicted octanol–water partition coefficient (Wildman–Crippen LogP) is 0.707. The zero-order valence-corrected chi connectivity index (χ0v) is 11.3. The van der Waals surface area contributed by atoms with Crippen LogP contribution >= 0.6 is 10.7 Å². The summed E-state index contributed by atoms with van der Waals surface area (Å²) in [7, 11) is 1.60. The van der Waals surface area contributed by atoms with Crippen LogP contribution in [0.1, 0.15) is 12.1 Å². The molecule has 1 aromatic heterocycles. The summed E-state index contributed by atoms with van der Waals surface area (Å²) in [5, 5.41) is 0. The maximum atomic E-state index is 11.8. The number of halogens is 1. The number of aromatic nitrogens is 2. The molecule has 1 aromatic rings. The molecule has 0 aromatic carbocycles. The van der Waals surface area contributed by atoms with E-state index >= 15 is 0 Å². The van der Waals surface area contributed by atoms with Crippen molar-refractivity contribution in [1.29, 1.82) is 0 Å². The molecular formula is C10H12ClN3O3S. The Labute approximate surface area is 109 Å². The summed E-state index contributed by atoms with van der Waals surface area (Å²) in [6.45, 7) is 2.08. The van der Waals surface area contributed by atoms with Gasteiger partial charge in [0, 0.05) is 41.5 Å². The van der Waals surface area contributed by atoms with Gasteiger partial charge in [0.15, 0.2) is 0 Å². The molecule has 1 aliphatic rings. The van der Waals surface area contributed by atoms with E-state index in [1.165, 1.54) is 4.90 Å². The predicted molar refractivity (Wildman–Crippen MR) is 66.9 cm³/mol. The Balaban J connectivity index is 2.15. The highest BCUT2D eigenvalue weighted by atomic mass is 35.7. The van der Waals surface area contributed by atoms with Crippen LogP contribution in [0.25, 0.3) is 0 Å². The summed E-state index contributed by atoms with van der Waals surface area (Å²) < 4.78 is 22.0. The van der Waals surface area contributed by atoms with E-state index in [0.717, 1.165) is 5.69 Å². The SMILES string of the molecule is Cc1ccnc(N2CC(CS(=O)(=O)Cl)CC2=O)n1. The van der Waals surface area contributed by atoms with Gasteiger partial charge in [-0.2, -0.15) is 0 Å². The molecule has 1 amide bonds. The van der Waals surface area contributed by atoms with Crippen LogP contribution in [0.3, 0.4) is 0 Å². The first-order chi connectivity index (χ1) is 8.35. The lowest BCUT2D eigenvalue weighted by Gasteiger charge is -2.14. The second kappa shape index (κ2) is 4.81. The van der Waals surface area contributed by atoms with Gasteiger partial charge in [-0.3, -0.25) is 9.69 Å². The van der Waals surface area contributed by atoms with E-state index in [1.54, 1.807) is 19.2 Å². The summed E-state index contributed by atoms with van der Waals surface area (Å²) in [6.07, 6.45) is 1.72. The molecule has 2 rings (SSSR count). The standard InChI is InChI=1S/C10H12ClN3O3S/c1-7-2-3-12-10(13-7)14-5-8(4-9(14)15)6-18(11,16)17/h2-3,8H,4-6H2,1H3. The maximum Gasteiger partial charge on any atom is 0.232 e. The van der Waals surface area contributed by atoms with Crippen molar-refractivity contribution in [3.05, 3.63) is 18.0 Å². The van der Waals surface area contributed by atoms with Crippen molar-refractivity contribution < 1.29 is 13.2 Å². The monoisotopic (exact) mass is 289 g/mol. The molecule has 1 fully saturated rings. The largest absolute Gasteiger partial charge is 0.280 e. The number of rotatable bonds is 3. The summed E-state index contributed by atoms with van der Waals surface area (Å²) >= 11 is 0. The van der Waals surface area contributed by atoms with E-state index in [0.29, 0.717) is 5.95 Å². The first kappa shape index (κ1) is 13.2. The lowest BCUT2D eigenvalue weighted by molar-refractivity contribution is -0.117. The molecule has 98 valence electrons. The molecule has 6 nitrogen and oxygen atoms in total. The molecule has 1 saturated heterocycles. The molecule has 1 aliphatic heterocycles. The number of nitrogens with zero attached hydrogens (tertiary/aromatic N) is 3. The van der Waals surface area contributed by atoms with E-state index in [4.69, 9.17) is 10.7 Å². The van der Waals surface area contributed by atoms with E-state index in [9.17, 15) is 13.2 Å². The second-order valence-corrected chi connectivity index (χ2v) is 7.10. The molecule has 0 saturated carbocycles. The summed E-state index contributed by atoms with van der Waals surface area (Å²) in [4.78, 5) is 21.4. The van der Waals surface area contributed by atoms with Crippen molar-refractivity contribution in [2.45, 2.75) is 13.3 Å². The smallest absolute Gasteiger partial charge is 0.232 e. The fourth-order valence-electron chi connectivity index (χ4n) is 1.93. The Morgan fingerprint density at radius 2 is 2.28 bits per heavy atom. The van der Waals surface area contributed by atoms with Gasteiger partial charge in [0.2, 0.25) is 20.9 Å². The highest BCUT2D eigenvalue weighted by molar-refractivity contribution is 8.13. The van der Waals surface area contributed by atoms with Crippen molar-refractivity contribution in [1.82, 2.24) is 9.97 Å². The Hall–Kier alpha value is -1.21. The number of carbonyl (C=O) groups excluding carboxylic acids is 1. The molecule has 0 N–H and O–H groups in total. The minimum absolute atomic E-state index is 0.156. The van der Waals surface area contributed by atoms with Crippen LogP contribution in [0.5, 0.6) is 0 Å². The van der Waals surface area contributed by atoms with E-state index in [1.807, 2.05) is 0 Å². The lowest BCUT2D eigenvalue weighted by atomic mass is 10.1. The molecule has 0 bridgehead atoms. The van der Waals surface area contributed by atoms with Crippen LogP contribution in [0, 0.1) is 12.8 Å². The molecule has 8 heteroatoms. The summed E-state index contributed by atoms with van der Waals surface area (Å²) in [5.41, 5.74) is 0.751. The van der Waals surface area contributed by atoms with Crippen molar-refractivity contribution >= 4 is 31.6 Å². The van der Waals surface area contributed by atoms with Crippen molar-refractivity contribution in [3.63, 3.8) is 0 Å². The van der Waals surface area contributed by atoms with E-state index < -0.39 is 9.05 Å². The number of carbonyl (C=O) groups is 1. The molecular weight excluding hydrogens is 278 g/mol. The van der Waals surface area contributed by atoms with Crippen LogP contribution in [0.2, 0.25) is 0 Å². The molecule has 0 aliphatic carbocycles. The van der Waals surface area contributed by atoms with E-state index in [-0.39, 0.29) is 30.5 Å². The van der Waals surface area contributed by atoms with Crippen LogP contribution in [-0.4, -0.2) is 36.6 Å². The van der Waals surface area contributed by atoms with E-state index in [2.05, 4.69) is 9.97 Å². The van der Waals surface area contributed by atoms with Gasteiger partial charge < -0.3 is 0 Å². The van der Waals surface area contributed by atoms with Gasteiger partial charge in [0.05, 0.1) is 5.75 Å². The lowest BCUT2D eigenvalue weighted by Crippen LogP contribution is -2.27. The topological polar surface area (TPSA) is 80.2 Å². The number of hydrogen-bond acceptors (Lipinski definition) is 5. The highest BCUT2D eigenvalue weighted by Crippen LogP contribution is 2.24. The van der Waals surface area contributed by atoms with Crippen LogP contribution in [0.4, 0.5) is 5.95 Å². The Morgan fingerprint density at radius 1 is 1.56 bits per heavy atom. The number of amides is 1. The Bertz CT molecular complexity index is 575. The van der Waals surface area contributed by atoms with Gasteiger partial charge in [-0.1, -0.05) is 0 Å². The van der Waals surface area contributed by atoms with Gasteiger partial charge in [-0.15, -0.1) is 0 Å². The highest BCUT2D eigenvalue weighted by Gasteiger charge is 2.34. The van der Waals surface area contributed by atoms with Gasteiger partial charge in [0.1, 0.15) is 0 Å².